The summed E-state index contributed by atoms with van der Waals surface area (Å²) in [6.07, 6.45) is 2.27. The number of anilines is 2. The zero-order chi connectivity index (χ0) is 20.1. The Kier molecular flexibility index (Phi) is 6.11. The molecule has 146 valence electrons. The first kappa shape index (κ1) is 20.0. The number of carbonyl (C=O) groups is 1. The average molecular weight is 416 g/mol. The number of aromatic nitrogens is 1. The van der Waals surface area contributed by atoms with Crippen molar-refractivity contribution < 1.29 is 13.2 Å². The highest BCUT2D eigenvalue weighted by Crippen LogP contribution is 2.24. The van der Waals surface area contributed by atoms with Gasteiger partial charge in [0.25, 0.3) is 0 Å². The van der Waals surface area contributed by atoms with Crippen LogP contribution >= 0.6 is 11.3 Å². The van der Waals surface area contributed by atoms with E-state index < -0.39 is 10.0 Å². The summed E-state index contributed by atoms with van der Waals surface area (Å²) in [5.41, 5.74) is 4.10. The maximum absolute atomic E-state index is 12.3. The standard InChI is InChI=1S/C20H21N3O3S2/c1-3-14-4-8-16(9-5-14)21-19(24)12-20-22-18(13-27-20)15-6-10-17(11-7-15)23-28(2,25)26/h4-11,13,23H,3,12H2,1-2H3,(H,21,24). The topological polar surface area (TPSA) is 88.2 Å². The molecule has 6 nitrogen and oxygen atoms in total. The first-order chi connectivity index (χ1) is 13.3. The van der Waals surface area contributed by atoms with Crippen LogP contribution in [0.4, 0.5) is 11.4 Å². The van der Waals surface area contributed by atoms with Gasteiger partial charge in [-0.05, 0) is 36.2 Å². The molecule has 0 saturated carbocycles. The van der Waals surface area contributed by atoms with Gasteiger partial charge in [0.15, 0.2) is 0 Å². The van der Waals surface area contributed by atoms with E-state index in [1.807, 2.05) is 29.6 Å². The molecule has 0 atom stereocenters. The minimum atomic E-state index is -3.30. The molecule has 0 spiro atoms. The van der Waals surface area contributed by atoms with Gasteiger partial charge in [0.05, 0.1) is 18.4 Å². The second-order valence-electron chi connectivity index (χ2n) is 6.35. The molecule has 3 aromatic rings. The molecule has 2 N–H and O–H groups in total. The highest BCUT2D eigenvalue weighted by Gasteiger charge is 2.10. The van der Waals surface area contributed by atoms with Gasteiger partial charge in [0.2, 0.25) is 15.9 Å². The largest absolute Gasteiger partial charge is 0.326 e. The first-order valence-electron chi connectivity index (χ1n) is 8.74. The molecule has 0 aliphatic carbocycles. The molecule has 1 heterocycles. The third-order valence-electron chi connectivity index (χ3n) is 3.99. The van der Waals surface area contributed by atoms with Gasteiger partial charge >= 0.3 is 0 Å². The number of thiazole rings is 1. The second-order valence-corrected chi connectivity index (χ2v) is 9.04. The van der Waals surface area contributed by atoms with Crippen molar-refractivity contribution in [3.8, 4) is 11.3 Å². The number of nitrogens with one attached hydrogen (secondary N) is 2. The average Bonchev–Trinajstić information content (AvgIpc) is 3.10. The van der Waals surface area contributed by atoms with Crippen molar-refractivity contribution in [3.05, 3.63) is 64.5 Å². The molecule has 1 amide bonds. The molecule has 0 radical (unpaired) electrons. The number of nitrogens with zero attached hydrogens (tertiary/aromatic N) is 1. The van der Waals surface area contributed by atoms with Crippen LogP contribution in [0.5, 0.6) is 0 Å². The van der Waals surface area contributed by atoms with Gasteiger partial charge in [-0.15, -0.1) is 11.3 Å². The number of aryl methyl sites for hydroxylation is 1. The lowest BCUT2D eigenvalue weighted by molar-refractivity contribution is -0.115. The van der Waals surface area contributed by atoms with E-state index in [-0.39, 0.29) is 12.3 Å². The maximum Gasteiger partial charge on any atom is 0.231 e. The van der Waals surface area contributed by atoms with Crippen molar-refractivity contribution in [2.24, 2.45) is 0 Å². The predicted octanol–water partition coefficient (Wildman–Crippen LogP) is 3.93. The predicted molar refractivity (Wildman–Crippen MR) is 114 cm³/mol. The van der Waals surface area contributed by atoms with Gasteiger partial charge in [-0.1, -0.05) is 31.2 Å². The molecule has 0 aliphatic heterocycles. The number of sulfonamides is 1. The lowest BCUT2D eigenvalue weighted by atomic mass is 10.1. The summed E-state index contributed by atoms with van der Waals surface area (Å²) >= 11 is 1.42. The van der Waals surface area contributed by atoms with E-state index in [9.17, 15) is 13.2 Å². The van der Waals surface area contributed by atoms with Crippen LogP contribution in [0.25, 0.3) is 11.3 Å². The fraction of sp³-hybridized carbons (Fsp3) is 0.200. The Balaban J connectivity index is 1.62. The molecule has 8 heteroatoms. The van der Waals surface area contributed by atoms with Crippen LogP contribution in [0.3, 0.4) is 0 Å². The molecule has 0 saturated heterocycles. The van der Waals surface area contributed by atoms with Gasteiger partial charge in [0, 0.05) is 22.3 Å². The van der Waals surface area contributed by atoms with Gasteiger partial charge in [0.1, 0.15) is 5.01 Å². The molecule has 1 aromatic heterocycles. The minimum Gasteiger partial charge on any atom is -0.326 e. The molecule has 28 heavy (non-hydrogen) atoms. The van der Waals surface area contributed by atoms with Crippen molar-refractivity contribution >= 4 is 38.6 Å². The summed E-state index contributed by atoms with van der Waals surface area (Å²) in [7, 11) is -3.30. The van der Waals surface area contributed by atoms with Crippen molar-refractivity contribution in [1.82, 2.24) is 4.98 Å². The van der Waals surface area contributed by atoms with Crippen LogP contribution in [0.1, 0.15) is 17.5 Å². The fourth-order valence-electron chi connectivity index (χ4n) is 2.61. The highest BCUT2D eigenvalue weighted by atomic mass is 32.2. The zero-order valence-electron chi connectivity index (χ0n) is 15.6. The summed E-state index contributed by atoms with van der Waals surface area (Å²) in [5, 5.41) is 5.49. The highest BCUT2D eigenvalue weighted by molar-refractivity contribution is 7.92. The number of benzene rings is 2. The summed E-state index contributed by atoms with van der Waals surface area (Å²) in [4.78, 5) is 16.8. The van der Waals surface area contributed by atoms with E-state index in [1.54, 1.807) is 24.3 Å². The fourth-order valence-corrected chi connectivity index (χ4v) is 3.98. The monoisotopic (exact) mass is 415 g/mol. The second kappa shape index (κ2) is 8.53. The van der Waals surface area contributed by atoms with Crippen molar-refractivity contribution in [2.45, 2.75) is 19.8 Å². The molecule has 0 bridgehead atoms. The Morgan fingerprint density at radius 1 is 1.04 bits per heavy atom. The van der Waals surface area contributed by atoms with Crippen LogP contribution < -0.4 is 10.0 Å². The smallest absolute Gasteiger partial charge is 0.231 e. The Morgan fingerprint density at radius 3 is 2.29 bits per heavy atom. The first-order valence-corrected chi connectivity index (χ1v) is 11.5. The molecular formula is C20H21N3O3S2. The van der Waals surface area contributed by atoms with E-state index in [0.29, 0.717) is 5.69 Å². The SMILES string of the molecule is CCc1ccc(NC(=O)Cc2nc(-c3ccc(NS(C)(=O)=O)cc3)cs2)cc1. The Bertz CT molecular complexity index is 1060. The van der Waals surface area contributed by atoms with Crippen LogP contribution in [0, 0.1) is 0 Å². The van der Waals surface area contributed by atoms with E-state index in [4.69, 9.17) is 0 Å². The molecular weight excluding hydrogens is 394 g/mol. The lowest BCUT2D eigenvalue weighted by Gasteiger charge is -2.05. The van der Waals surface area contributed by atoms with Crippen LogP contribution in [0.15, 0.2) is 53.9 Å². The van der Waals surface area contributed by atoms with Crippen molar-refractivity contribution in [3.63, 3.8) is 0 Å². The van der Waals surface area contributed by atoms with E-state index in [1.165, 1.54) is 16.9 Å². The van der Waals surface area contributed by atoms with Gasteiger partial charge in [-0.3, -0.25) is 9.52 Å². The number of rotatable bonds is 7. The van der Waals surface area contributed by atoms with Crippen molar-refractivity contribution in [1.29, 1.82) is 0 Å². The third-order valence-corrected chi connectivity index (χ3v) is 5.45. The normalized spacial score (nSPS) is 11.2. The Labute approximate surface area is 168 Å². The van der Waals surface area contributed by atoms with Gasteiger partial charge in [-0.2, -0.15) is 0 Å². The maximum atomic E-state index is 12.3. The van der Waals surface area contributed by atoms with E-state index in [2.05, 4.69) is 21.9 Å². The molecule has 0 aliphatic rings. The number of hydrogen-bond acceptors (Lipinski definition) is 5. The zero-order valence-corrected chi connectivity index (χ0v) is 17.2. The molecule has 0 fully saturated rings. The quantitative estimate of drug-likeness (QED) is 0.612. The summed E-state index contributed by atoms with van der Waals surface area (Å²) in [5.74, 6) is -0.113. The van der Waals surface area contributed by atoms with E-state index >= 15 is 0 Å². The lowest BCUT2D eigenvalue weighted by Crippen LogP contribution is -2.14. The number of amides is 1. The molecule has 2 aromatic carbocycles. The Hall–Kier alpha value is -2.71. The van der Waals surface area contributed by atoms with E-state index in [0.717, 1.165) is 34.6 Å². The Morgan fingerprint density at radius 2 is 1.68 bits per heavy atom. The van der Waals surface area contributed by atoms with Crippen LogP contribution in [-0.2, 0) is 27.7 Å². The van der Waals surface area contributed by atoms with Gasteiger partial charge < -0.3 is 5.32 Å². The van der Waals surface area contributed by atoms with Crippen LogP contribution in [0.2, 0.25) is 0 Å². The number of hydrogen-bond donors (Lipinski definition) is 2. The minimum absolute atomic E-state index is 0.113. The molecule has 0 unspecified atom stereocenters. The summed E-state index contributed by atoms with van der Waals surface area (Å²) in [6, 6.07) is 14.7. The summed E-state index contributed by atoms with van der Waals surface area (Å²) < 4.78 is 25.0. The van der Waals surface area contributed by atoms with Crippen molar-refractivity contribution in [2.75, 3.05) is 16.3 Å². The van der Waals surface area contributed by atoms with Gasteiger partial charge in [-0.25, -0.2) is 13.4 Å². The summed E-state index contributed by atoms with van der Waals surface area (Å²) in [6.45, 7) is 2.09. The number of carbonyl (C=O) groups excluding carboxylic acids is 1. The molecule has 3 rings (SSSR count). The van der Waals surface area contributed by atoms with Crippen LogP contribution in [-0.4, -0.2) is 25.6 Å². The third kappa shape index (κ3) is 5.64.